The number of rotatable bonds is 0. The molecule has 1 heterocycles. The van der Waals surface area contributed by atoms with Crippen molar-refractivity contribution in [1.82, 2.24) is 9.97 Å². The third kappa shape index (κ3) is 0.972. The molecule has 0 spiro atoms. The molecule has 2 aromatic rings. The lowest BCUT2D eigenvalue weighted by Crippen LogP contribution is -1.93. The number of hydrogen-bond acceptors (Lipinski definition) is 3. The second kappa shape index (κ2) is 2.41. The van der Waals surface area contributed by atoms with E-state index in [2.05, 4.69) is 9.97 Å². The Hall–Kier alpha value is -1.71. The molecular formula is C8H6FN3. The summed E-state index contributed by atoms with van der Waals surface area (Å²) in [6.45, 7) is 0. The van der Waals surface area contributed by atoms with Crippen LogP contribution < -0.4 is 5.73 Å². The van der Waals surface area contributed by atoms with Crippen LogP contribution >= 0.6 is 0 Å². The van der Waals surface area contributed by atoms with E-state index < -0.39 is 0 Å². The number of nitrogens with zero attached hydrogens (tertiary/aromatic N) is 2. The van der Waals surface area contributed by atoms with Crippen molar-refractivity contribution in [2.24, 2.45) is 0 Å². The van der Waals surface area contributed by atoms with E-state index in [-0.39, 0.29) is 11.3 Å². The molecule has 0 bridgehead atoms. The van der Waals surface area contributed by atoms with Gasteiger partial charge in [-0.3, -0.25) is 0 Å². The second-order valence-corrected chi connectivity index (χ2v) is 2.40. The van der Waals surface area contributed by atoms with Crippen molar-refractivity contribution in [2.75, 3.05) is 5.73 Å². The number of nitrogens with two attached hydrogens (primary N) is 1. The lowest BCUT2D eigenvalue weighted by Gasteiger charge is -1.97. The highest BCUT2D eigenvalue weighted by Crippen LogP contribution is 2.13. The smallest absolute Gasteiger partial charge is 0.151 e. The van der Waals surface area contributed by atoms with E-state index in [1.165, 1.54) is 12.3 Å². The van der Waals surface area contributed by atoms with Crippen LogP contribution in [0.4, 0.5) is 10.2 Å². The maximum absolute atomic E-state index is 13.0. The van der Waals surface area contributed by atoms with Crippen LogP contribution in [0.5, 0.6) is 0 Å². The summed E-state index contributed by atoms with van der Waals surface area (Å²) in [4.78, 5) is 7.73. The summed E-state index contributed by atoms with van der Waals surface area (Å²) in [7, 11) is 0. The van der Waals surface area contributed by atoms with Gasteiger partial charge < -0.3 is 5.73 Å². The normalized spacial score (nSPS) is 10.4. The molecule has 1 aromatic heterocycles. The van der Waals surface area contributed by atoms with Crippen LogP contribution in [0.2, 0.25) is 0 Å². The first-order valence-corrected chi connectivity index (χ1v) is 3.44. The van der Waals surface area contributed by atoms with Crippen molar-refractivity contribution in [3.63, 3.8) is 0 Å². The van der Waals surface area contributed by atoms with Crippen LogP contribution in [0.1, 0.15) is 0 Å². The third-order valence-corrected chi connectivity index (χ3v) is 1.54. The summed E-state index contributed by atoms with van der Waals surface area (Å²) in [6.07, 6.45) is 1.34. The zero-order chi connectivity index (χ0) is 8.55. The minimum atomic E-state index is -0.375. The number of fused-ring (bicyclic) bond motifs is 1. The van der Waals surface area contributed by atoms with E-state index in [9.17, 15) is 4.39 Å². The van der Waals surface area contributed by atoms with E-state index in [1.807, 2.05) is 0 Å². The van der Waals surface area contributed by atoms with Crippen molar-refractivity contribution in [3.8, 4) is 0 Å². The van der Waals surface area contributed by atoms with E-state index in [4.69, 9.17) is 5.73 Å². The molecule has 0 saturated carbocycles. The van der Waals surface area contributed by atoms with Crippen LogP contribution in [-0.2, 0) is 0 Å². The van der Waals surface area contributed by atoms with E-state index in [0.29, 0.717) is 11.3 Å². The highest BCUT2D eigenvalue weighted by molar-refractivity contribution is 5.75. The number of halogens is 1. The Labute approximate surface area is 68.1 Å². The Bertz CT molecular complexity index is 428. The van der Waals surface area contributed by atoms with Gasteiger partial charge in [-0.05, 0) is 12.1 Å². The second-order valence-electron chi connectivity index (χ2n) is 2.40. The monoisotopic (exact) mass is 163 g/mol. The van der Waals surface area contributed by atoms with Crippen molar-refractivity contribution in [3.05, 3.63) is 30.2 Å². The standard InChI is InChI=1S/C8H6FN3/c9-5-2-1-3-6-8(5)11-4-7(10)12-6/h1-4H,(H2,10,12). The van der Waals surface area contributed by atoms with Gasteiger partial charge in [-0.15, -0.1) is 0 Å². The summed E-state index contributed by atoms with van der Waals surface area (Å²) >= 11 is 0. The summed E-state index contributed by atoms with van der Waals surface area (Å²) in [6, 6.07) is 4.58. The van der Waals surface area contributed by atoms with Gasteiger partial charge in [0.1, 0.15) is 11.3 Å². The first-order valence-electron chi connectivity index (χ1n) is 3.44. The van der Waals surface area contributed by atoms with E-state index >= 15 is 0 Å². The Kier molecular flexibility index (Phi) is 1.40. The Morgan fingerprint density at radius 2 is 2.17 bits per heavy atom. The lowest BCUT2D eigenvalue weighted by molar-refractivity contribution is 0.636. The minimum Gasteiger partial charge on any atom is -0.382 e. The molecule has 0 saturated heterocycles. The zero-order valence-corrected chi connectivity index (χ0v) is 6.16. The van der Waals surface area contributed by atoms with Crippen molar-refractivity contribution >= 4 is 16.9 Å². The highest BCUT2D eigenvalue weighted by atomic mass is 19.1. The molecule has 0 aliphatic heterocycles. The number of nitrogen functional groups attached to an aromatic ring is 1. The molecule has 60 valence electrons. The maximum atomic E-state index is 13.0. The van der Waals surface area contributed by atoms with Gasteiger partial charge in [0, 0.05) is 0 Å². The molecule has 0 atom stereocenters. The van der Waals surface area contributed by atoms with Crippen LogP contribution in [0, 0.1) is 5.82 Å². The van der Waals surface area contributed by atoms with Crippen LogP contribution in [0.15, 0.2) is 24.4 Å². The molecular weight excluding hydrogens is 157 g/mol. The predicted octanol–water partition coefficient (Wildman–Crippen LogP) is 1.35. The van der Waals surface area contributed by atoms with Gasteiger partial charge in [0.05, 0.1) is 11.7 Å². The molecule has 0 aliphatic carbocycles. The first kappa shape index (κ1) is 6.97. The minimum absolute atomic E-state index is 0.256. The summed E-state index contributed by atoms with van der Waals surface area (Å²) < 4.78 is 13.0. The van der Waals surface area contributed by atoms with Crippen LogP contribution in [0.25, 0.3) is 11.0 Å². The average Bonchev–Trinajstić information content (AvgIpc) is 2.04. The predicted molar refractivity (Wildman–Crippen MR) is 43.9 cm³/mol. The van der Waals surface area contributed by atoms with Gasteiger partial charge in [0.15, 0.2) is 5.82 Å². The van der Waals surface area contributed by atoms with Gasteiger partial charge in [-0.1, -0.05) is 6.07 Å². The molecule has 1 aromatic carbocycles. The summed E-state index contributed by atoms with van der Waals surface area (Å²) in [5.41, 5.74) is 6.12. The molecule has 0 aliphatic rings. The van der Waals surface area contributed by atoms with E-state index in [1.54, 1.807) is 12.1 Å². The number of benzene rings is 1. The fourth-order valence-corrected chi connectivity index (χ4v) is 1.02. The molecule has 0 amide bonds. The molecule has 0 unspecified atom stereocenters. The Morgan fingerprint density at radius 1 is 1.33 bits per heavy atom. The lowest BCUT2D eigenvalue weighted by atomic mass is 10.3. The fourth-order valence-electron chi connectivity index (χ4n) is 1.02. The number of aromatic nitrogens is 2. The van der Waals surface area contributed by atoms with Gasteiger partial charge in [0.25, 0.3) is 0 Å². The van der Waals surface area contributed by atoms with Crippen LogP contribution in [-0.4, -0.2) is 9.97 Å². The summed E-state index contributed by atoms with van der Waals surface area (Å²) in [5, 5.41) is 0. The third-order valence-electron chi connectivity index (χ3n) is 1.54. The first-order chi connectivity index (χ1) is 5.77. The van der Waals surface area contributed by atoms with Gasteiger partial charge in [-0.25, -0.2) is 14.4 Å². The number of anilines is 1. The largest absolute Gasteiger partial charge is 0.382 e. The van der Waals surface area contributed by atoms with Crippen molar-refractivity contribution in [2.45, 2.75) is 0 Å². The van der Waals surface area contributed by atoms with Gasteiger partial charge in [-0.2, -0.15) is 0 Å². The molecule has 2 rings (SSSR count). The molecule has 3 nitrogen and oxygen atoms in total. The summed E-state index contributed by atoms with van der Waals surface area (Å²) in [5.74, 6) is -0.0758. The molecule has 0 fully saturated rings. The van der Waals surface area contributed by atoms with Gasteiger partial charge in [0.2, 0.25) is 0 Å². The molecule has 0 radical (unpaired) electrons. The van der Waals surface area contributed by atoms with Crippen molar-refractivity contribution < 1.29 is 4.39 Å². The molecule has 12 heavy (non-hydrogen) atoms. The highest BCUT2D eigenvalue weighted by Gasteiger charge is 2.01. The SMILES string of the molecule is Nc1cnc2c(F)cccc2n1. The fraction of sp³-hybridized carbons (Fsp3) is 0. The topological polar surface area (TPSA) is 51.8 Å². The number of hydrogen-bond donors (Lipinski definition) is 1. The molecule has 4 heteroatoms. The average molecular weight is 163 g/mol. The zero-order valence-electron chi connectivity index (χ0n) is 6.16. The van der Waals surface area contributed by atoms with Crippen LogP contribution in [0.3, 0.4) is 0 Å². The molecule has 2 N–H and O–H groups in total. The van der Waals surface area contributed by atoms with E-state index in [0.717, 1.165) is 0 Å². The van der Waals surface area contributed by atoms with Crippen molar-refractivity contribution in [1.29, 1.82) is 0 Å². The number of para-hydroxylation sites is 1. The maximum Gasteiger partial charge on any atom is 0.151 e. The Balaban J connectivity index is 2.86. The Morgan fingerprint density at radius 3 is 3.00 bits per heavy atom. The van der Waals surface area contributed by atoms with Gasteiger partial charge >= 0.3 is 0 Å². The quantitative estimate of drug-likeness (QED) is 0.637.